The number of benzene rings is 1. The smallest absolute Gasteiger partial charge is 0.122 e. The summed E-state index contributed by atoms with van der Waals surface area (Å²) >= 11 is 0. The van der Waals surface area contributed by atoms with Gasteiger partial charge in [0.25, 0.3) is 0 Å². The van der Waals surface area contributed by atoms with Gasteiger partial charge in [-0.15, -0.1) is 0 Å². The fraction of sp³-hybridized carbons (Fsp3) is 0.200. The summed E-state index contributed by atoms with van der Waals surface area (Å²) in [5.41, 5.74) is 2.89. The lowest BCUT2D eigenvalue weighted by Gasteiger charge is -1.91. The number of hydrogen-bond acceptors (Lipinski definition) is 3. The van der Waals surface area contributed by atoms with E-state index in [0.29, 0.717) is 6.61 Å². The van der Waals surface area contributed by atoms with Gasteiger partial charge in [0.1, 0.15) is 18.0 Å². The molecule has 1 aliphatic rings. The van der Waals surface area contributed by atoms with Gasteiger partial charge in [-0.25, -0.2) is 0 Å². The minimum absolute atomic E-state index is 0.663. The maximum atomic E-state index is 4.96. The van der Waals surface area contributed by atoms with Gasteiger partial charge in [0.05, 0.1) is 5.52 Å². The van der Waals surface area contributed by atoms with Crippen molar-refractivity contribution in [3.63, 3.8) is 0 Å². The van der Waals surface area contributed by atoms with Crippen LogP contribution in [0.4, 0.5) is 0 Å². The fourth-order valence-electron chi connectivity index (χ4n) is 1.66. The SMILES string of the molecule is c1ccc2c(C3=NOCC3)n[nH]c2c1. The first-order valence-electron chi connectivity index (χ1n) is 4.57. The van der Waals surface area contributed by atoms with Gasteiger partial charge in [0, 0.05) is 11.8 Å². The molecule has 70 valence electrons. The third kappa shape index (κ3) is 1.00. The van der Waals surface area contributed by atoms with Gasteiger partial charge in [-0.2, -0.15) is 5.10 Å². The van der Waals surface area contributed by atoms with E-state index in [1.807, 2.05) is 24.3 Å². The molecule has 0 saturated heterocycles. The number of nitrogens with zero attached hydrogens (tertiary/aromatic N) is 2. The molecule has 0 unspecified atom stereocenters. The van der Waals surface area contributed by atoms with Gasteiger partial charge in [-0.3, -0.25) is 5.10 Å². The zero-order valence-electron chi connectivity index (χ0n) is 7.53. The molecule has 0 saturated carbocycles. The van der Waals surface area contributed by atoms with Gasteiger partial charge in [0.15, 0.2) is 0 Å². The van der Waals surface area contributed by atoms with Gasteiger partial charge < -0.3 is 4.84 Å². The van der Waals surface area contributed by atoms with Crippen molar-refractivity contribution in [3.8, 4) is 0 Å². The monoisotopic (exact) mass is 187 g/mol. The lowest BCUT2D eigenvalue weighted by molar-refractivity contribution is 0.174. The van der Waals surface area contributed by atoms with Crippen LogP contribution < -0.4 is 0 Å². The van der Waals surface area contributed by atoms with E-state index < -0.39 is 0 Å². The third-order valence-electron chi connectivity index (χ3n) is 2.35. The van der Waals surface area contributed by atoms with Crippen molar-refractivity contribution in [3.05, 3.63) is 30.0 Å². The number of aromatic nitrogens is 2. The van der Waals surface area contributed by atoms with E-state index in [4.69, 9.17) is 4.84 Å². The van der Waals surface area contributed by atoms with Crippen LogP contribution in [0.5, 0.6) is 0 Å². The average molecular weight is 187 g/mol. The molecule has 0 atom stereocenters. The van der Waals surface area contributed by atoms with Gasteiger partial charge in [-0.05, 0) is 6.07 Å². The Bertz CT molecular complexity index is 501. The number of rotatable bonds is 1. The molecule has 0 radical (unpaired) electrons. The van der Waals surface area contributed by atoms with Crippen molar-refractivity contribution in [2.75, 3.05) is 6.61 Å². The van der Waals surface area contributed by atoms with Crippen LogP contribution in [0.3, 0.4) is 0 Å². The second-order valence-corrected chi connectivity index (χ2v) is 3.24. The number of aromatic amines is 1. The summed E-state index contributed by atoms with van der Waals surface area (Å²) in [4.78, 5) is 4.96. The number of fused-ring (bicyclic) bond motifs is 1. The first kappa shape index (κ1) is 7.55. The Balaban J connectivity index is 2.21. The van der Waals surface area contributed by atoms with Crippen molar-refractivity contribution >= 4 is 16.6 Å². The lowest BCUT2D eigenvalue weighted by atomic mass is 10.1. The van der Waals surface area contributed by atoms with Crippen LogP contribution in [0.15, 0.2) is 29.4 Å². The highest BCUT2D eigenvalue weighted by atomic mass is 16.6. The second-order valence-electron chi connectivity index (χ2n) is 3.24. The minimum atomic E-state index is 0.663. The summed E-state index contributed by atoms with van der Waals surface area (Å²) in [5.74, 6) is 0. The van der Waals surface area contributed by atoms with Crippen molar-refractivity contribution in [1.82, 2.24) is 10.2 Å². The van der Waals surface area contributed by atoms with E-state index in [9.17, 15) is 0 Å². The topological polar surface area (TPSA) is 50.3 Å². The molecule has 1 aromatic heterocycles. The summed E-state index contributed by atoms with van der Waals surface area (Å²) in [6, 6.07) is 8.02. The molecule has 1 aromatic carbocycles. The van der Waals surface area contributed by atoms with Crippen LogP contribution in [0.25, 0.3) is 10.9 Å². The van der Waals surface area contributed by atoms with Crippen molar-refractivity contribution in [2.24, 2.45) is 5.16 Å². The molecular weight excluding hydrogens is 178 g/mol. The average Bonchev–Trinajstić information content (AvgIpc) is 2.85. The molecular formula is C10H9N3O. The molecule has 4 nitrogen and oxygen atoms in total. The van der Waals surface area contributed by atoms with Crippen LogP contribution in [0, 0.1) is 0 Å². The summed E-state index contributed by atoms with van der Waals surface area (Å²) < 4.78 is 0. The van der Waals surface area contributed by atoms with Crippen molar-refractivity contribution in [2.45, 2.75) is 6.42 Å². The number of para-hydroxylation sites is 1. The van der Waals surface area contributed by atoms with Gasteiger partial charge in [-0.1, -0.05) is 23.4 Å². The predicted octanol–water partition coefficient (Wildman–Crippen LogP) is 1.69. The summed E-state index contributed by atoms with van der Waals surface area (Å²) in [6.45, 7) is 0.663. The Morgan fingerprint density at radius 1 is 1.29 bits per heavy atom. The molecule has 0 fully saturated rings. The molecule has 4 heteroatoms. The molecule has 1 N–H and O–H groups in total. The Labute approximate surface area is 80.6 Å². The summed E-state index contributed by atoms with van der Waals surface area (Å²) in [5, 5.41) is 12.3. The molecule has 2 heterocycles. The molecule has 2 aromatic rings. The zero-order chi connectivity index (χ0) is 9.38. The minimum Gasteiger partial charge on any atom is -0.395 e. The van der Waals surface area contributed by atoms with Crippen LogP contribution in [0.1, 0.15) is 12.1 Å². The molecule has 0 aliphatic carbocycles. The predicted molar refractivity (Wildman–Crippen MR) is 53.2 cm³/mol. The van der Waals surface area contributed by atoms with E-state index in [2.05, 4.69) is 15.4 Å². The normalized spacial score (nSPS) is 15.6. The molecule has 14 heavy (non-hydrogen) atoms. The lowest BCUT2D eigenvalue weighted by Crippen LogP contribution is -1.98. The highest BCUT2D eigenvalue weighted by molar-refractivity contribution is 6.08. The van der Waals surface area contributed by atoms with E-state index in [1.54, 1.807) is 0 Å². The Morgan fingerprint density at radius 2 is 2.21 bits per heavy atom. The van der Waals surface area contributed by atoms with E-state index in [1.165, 1.54) is 0 Å². The maximum Gasteiger partial charge on any atom is 0.122 e. The third-order valence-corrected chi connectivity index (χ3v) is 2.35. The van der Waals surface area contributed by atoms with Crippen LogP contribution in [-0.4, -0.2) is 22.5 Å². The number of H-pyrrole nitrogens is 1. The molecule has 3 rings (SSSR count). The Morgan fingerprint density at radius 3 is 3.07 bits per heavy atom. The van der Waals surface area contributed by atoms with E-state index in [-0.39, 0.29) is 0 Å². The fourth-order valence-corrected chi connectivity index (χ4v) is 1.66. The highest BCUT2D eigenvalue weighted by Gasteiger charge is 2.16. The molecule has 1 aliphatic heterocycles. The largest absolute Gasteiger partial charge is 0.395 e. The Hall–Kier alpha value is -1.84. The van der Waals surface area contributed by atoms with E-state index in [0.717, 1.165) is 28.7 Å². The molecule has 0 bridgehead atoms. The molecule has 0 spiro atoms. The first-order chi connectivity index (χ1) is 6.95. The maximum absolute atomic E-state index is 4.96. The molecule has 0 amide bonds. The van der Waals surface area contributed by atoms with E-state index >= 15 is 0 Å². The second kappa shape index (κ2) is 2.83. The zero-order valence-corrected chi connectivity index (χ0v) is 7.53. The van der Waals surface area contributed by atoms with Crippen LogP contribution >= 0.6 is 0 Å². The van der Waals surface area contributed by atoms with Crippen molar-refractivity contribution < 1.29 is 4.84 Å². The van der Waals surface area contributed by atoms with Gasteiger partial charge >= 0.3 is 0 Å². The number of oxime groups is 1. The Kier molecular flexibility index (Phi) is 1.53. The first-order valence-corrected chi connectivity index (χ1v) is 4.57. The number of nitrogens with one attached hydrogen (secondary N) is 1. The summed E-state index contributed by atoms with van der Waals surface area (Å²) in [6.07, 6.45) is 0.842. The standard InChI is InChI=1S/C10H9N3O/c1-2-4-8-7(3-1)10(12-11-8)9-5-6-14-13-9/h1-4H,5-6H2,(H,11,12). The summed E-state index contributed by atoms with van der Waals surface area (Å²) in [7, 11) is 0. The van der Waals surface area contributed by atoms with Crippen LogP contribution in [0.2, 0.25) is 0 Å². The van der Waals surface area contributed by atoms with Crippen LogP contribution in [-0.2, 0) is 4.84 Å². The highest BCUT2D eigenvalue weighted by Crippen LogP contribution is 2.18. The number of hydrogen-bond donors (Lipinski definition) is 1. The van der Waals surface area contributed by atoms with Crippen molar-refractivity contribution in [1.29, 1.82) is 0 Å². The van der Waals surface area contributed by atoms with Gasteiger partial charge in [0.2, 0.25) is 0 Å². The quantitative estimate of drug-likeness (QED) is 0.738.